The molecule has 0 fully saturated rings. The lowest BCUT2D eigenvalue weighted by atomic mass is 10.1. The normalized spacial score (nSPS) is 11.3. The predicted octanol–water partition coefficient (Wildman–Crippen LogP) is 3.57. The van der Waals surface area contributed by atoms with Crippen LogP contribution in [0.1, 0.15) is 37.1 Å². The van der Waals surface area contributed by atoms with Gasteiger partial charge in [0.15, 0.2) is 5.96 Å². The van der Waals surface area contributed by atoms with Gasteiger partial charge in [-0.3, -0.25) is 4.98 Å². The van der Waals surface area contributed by atoms with Crippen molar-refractivity contribution in [1.82, 2.24) is 15.6 Å². The molecule has 6 heteroatoms. The van der Waals surface area contributed by atoms with E-state index in [0.29, 0.717) is 31.3 Å². The second-order valence-electron chi connectivity index (χ2n) is 5.94. The van der Waals surface area contributed by atoms with E-state index >= 15 is 0 Å². The Morgan fingerprint density at radius 1 is 1.23 bits per heavy atom. The molecule has 0 aliphatic heterocycles. The lowest BCUT2D eigenvalue weighted by Crippen LogP contribution is -2.37. The fourth-order valence-corrected chi connectivity index (χ4v) is 2.36. The molecule has 0 amide bonds. The molecule has 0 atom stereocenters. The van der Waals surface area contributed by atoms with E-state index in [4.69, 9.17) is 4.74 Å². The Bertz CT molecular complexity index is 734. The number of ether oxygens (including phenoxy) is 1. The summed E-state index contributed by atoms with van der Waals surface area (Å²) in [6, 6.07) is 9.09. The zero-order valence-corrected chi connectivity index (χ0v) is 15.7. The molecule has 0 spiro atoms. The van der Waals surface area contributed by atoms with E-state index in [1.807, 2.05) is 32.0 Å². The molecule has 0 radical (unpaired) electrons. The summed E-state index contributed by atoms with van der Waals surface area (Å²) in [5, 5.41) is 6.28. The zero-order valence-electron chi connectivity index (χ0n) is 15.7. The van der Waals surface area contributed by atoms with Crippen molar-refractivity contribution in [3.8, 4) is 5.75 Å². The van der Waals surface area contributed by atoms with Gasteiger partial charge in [0.25, 0.3) is 0 Å². The molecular weight excluding hydrogens is 331 g/mol. The van der Waals surface area contributed by atoms with Gasteiger partial charge in [-0.2, -0.15) is 0 Å². The quantitative estimate of drug-likeness (QED) is 0.559. The lowest BCUT2D eigenvalue weighted by molar-refractivity contribution is 0.314. The van der Waals surface area contributed by atoms with Crippen molar-refractivity contribution in [1.29, 1.82) is 0 Å². The molecule has 1 heterocycles. The highest BCUT2D eigenvalue weighted by Crippen LogP contribution is 2.21. The van der Waals surface area contributed by atoms with Gasteiger partial charge in [0.05, 0.1) is 25.4 Å². The molecule has 140 valence electrons. The molecule has 2 N–H and O–H groups in total. The van der Waals surface area contributed by atoms with Gasteiger partial charge >= 0.3 is 0 Å². The van der Waals surface area contributed by atoms with E-state index in [1.165, 1.54) is 6.07 Å². The van der Waals surface area contributed by atoms with E-state index < -0.39 is 0 Å². The molecule has 5 nitrogen and oxygen atoms in total. The maximum absolute atomic E-state index is 13.7. The van der Waals surface area contributed by atoms with Crippen LogP contribution in [0.25, 0.3) is 0 Å². The summed E-state index contributed by atoms with van der Waals surface area (Å²) < 4.78 is 19.5. The number of aliphatic imine (C=N–C) groups is 1. The summed E-state index contributed by atoms with van der Waals surface area (Å²) in [7, 11) is 0. The van der Waals surface area contributed by atoms with Crippen molar-refractivity contribution in [3.63, 3.8) is 0 Å². The average Bonchev–Trinajstić information content (AvgIpc) is 2.64. The highest BCUT2D eigenvalue weighted by molar-refractivity contribution is 5.79. The van der Waals surface area contributed by atoms with Crippen molar-refractivity contribution in [2.24, 2.45) is 4.99 Å². The van der Waals surface area contributed by atoms with Gasteiger partial charge in [-0.1, -0.05) is 19.1 Å². The molecule has 0 aliphatic carbocycles. The molecule has 0 aliphatic rings. The molecule has 0 saturated heterocycles. The number of hydrogen-bond donors (Lipinski definition) is 2. The van der Waals surface area contributed by atoms with Gasteiger partial charge in [0.2, 0.25) is 0 Å². The standard InChI is InChI=1S/C20H27FN4O/c1-4-11-26-19-12-15(3)8-9-16(19)13-24-20(22-5-2)25-14-18-17(21)7-6-10-23-18/h6-10,12H,4-5,11,13-14H2,1-3H3,(H2,22,24,25). The minimum Gasteiger partial charge on any atom is -0.493 e. The van der Waals surface area contributed by atoms with Crippen LogP contribution in [0.3, 0.4) is 0 Å². The number of benzene rings is 1. The van der Waals surface area contributed by atoms with Crippen molar-refractivity contribution in [3.05, 3.63) is 59.2 Å². The Hall–Kier alpha value is -2.63. The smallest absolute Gasteiger partial charge is 0.191 e. The lowest BCUT2D eigenvalue weighted by Gasteiger charge is -2.13. The molecular formula is C20H27FN4O. The Balaban J connectivity index is 2.07. The van der Waals surface area contributed by atoms with Crippen molar-refractivity contribution >= 4 is 5.96 Å². The molecule has 2 aromatic rings. The van der Waals surface area contributed by atoms with E-state index in [2.05, 4.69) is 27.5 Å². The molecule has 1 aromatic heterocycles. The number of rotatable bonds is 8. The van der Waals surface area contributed by atoms with Crippen molar-refractivity contribution < 1.29 is 9.13 Å². The van der Waals surface area contributed by atoms with Crippen LogP contribution in [0, 0.1) is 12.7 Å². The number of pyridine rings is 1. The summed E-state index contributed by atoms with van der Waals surface area (Å²) in [4.78, 5) is 8.64. The van der Waals surface area contributed by atoms with Crippen molar-refractivity contribution in [2.45, 2.75) is 40.3 Å². The molecule has 0 bridgehead atoms. The largest absolute Gasteiger partial charge is 0.493 e. The number of nitrogens with one attached hydrogen (secondary N) is 2. The average molecular weight is 358 g/mol. The fourth-order valence-electron chi connectivity index (χ4n) is 2.36. The monoisotopic (exact) mass is 358 g/mol. The van der Waals surface area contributed by atoms with E-state index in [9.17, 15) is 4.39 Å². The SMILES string of the molecule is CCCOc1cc(C)ccc1CN=C(NCC)NCc1ncccc1F. The topological polar surface area (TPSA) is 58.5 Å². The number of nitrogens with zero attached hydrogens (tertiary/aromatic N) is 2. The second kappa shape index (κ2) is 10.4. The Morgan fingerprint density at radius 3 is 2.81 bits per heavy atom. The Labute approximate surface area is 154 Å². The third-order valence-corrected chi connectivity index (χ3v) is 3.69. The number of guanidine groups is 1. The van der Waals surface area contributed by atoms with Gasteiger partial charge in [-0.15, -0.1) is 0 Å². The van der Waals surface area contributed by atoms with E-state index in [1.54, 1.807) is 12.3 Å². The molecule has 0 saturated carbocycles. The fraction of sp³-hybridized carbons (Fsp3) is 0.400. The van der Waals surface area contributed by atoms with E-state index in [-0.39, 0.29) is 12.4 Å². The highest BCUT2D eigenvalue weighted by atomic mass is 19.1. The van der Waals surface area contributed by atoms with Crippen LogP contribution in [0.4, 0.5) is 4.39 Å². The van der Waals surface area contributed by atoms with Gasteiger partial charge in [-0.05, 0) is 44.0 Å². The number of halogens is 1. The predicted molar refractivity (Wildman–Crippen MR) is 103 cm³/mol. The first-order valence-corrected chi connectivity index (χ1v) is 8.98. The van der Waals surface area contributed by atoms with Gasteiger partial charge in [-0.25, -0.2) is 9.38 Å². The maximum Gasteiger partial charge on any atom is 0.191 e. The third-order valence-electron chi connectivity index (χ3n) is 3.69. The molecule has 26 heavy (non-hydrogen) atoms. The Morgan fingerprint density at radius 2 is 2.08 bits per heavy atom. The zero-order chi connectivity index (χ0) is 18.8. The van der Waals surface area contributed by atoms with Crippen LogP contribution in [0.2, 0.25) is 0 Å². The van der Waals surface area contributed by atoms with Gasteiger partial charge in [0, 0.05) is 18.3 Å². The minimum absolute atomic E-state index is 0.269. The maximum atomic E-state index is 13.7. The van der Waals surface area contributed by atoms with Crippen LogP contribution in [-0.2, 0) is 13.1 Å². The third kappa shape index (κ3) is 6.02. The van der Waals surface area contributed by atoms with E-state index in [0.717, 1.165) is 23.3 Å². The van der Waals surface area contributed by atoms with Crippen LogP contribution in [-0.4, -0.2) is 24.1 Å². The summed E-state index contributed by atoms with van der Waals surface area (Å²) in [6.07, 6.45) is 2.53. The number of hydrogen-bond acceptors (Lipinski definition) is 3. The van der Waals surface area contributed by atoms with Gasteiger partial charge in [0.1, 0.15) is 11.6 Å². The second-order valence-corrected chi connectivity index (χ2v) is 5.94. The first-order valence-electron chi connectivity index (χ1n) is 8.98. The number of aryl methyl sites for hydroxylation is 1. The summed E-state index contributed by atoms with van der Waals surface area (Å²) in [6.45, 7) is 8.24. The molecule has 0 unspecified atom stereocenters. The summed E-state index contributed by atoms with van der Waals surface area (Å²) in [5.41, 5.74) is 2.53. The minimum atomic E-state index is -0.329. The van der Waals surface area contributed by atoms with Crippen LogP contribution < -0.4 is 15.4 Å². The highest BCUT2D eigenvalue weighted by Gasteiger charge is 2.06. The summed E-state index contributed by atoms with van der Waals surface area (Å²) >= 11 is 0. The Kier molecular flexibility index (Phi) is 7.86. The molecule has 1 aromatic carbocycles. The first-order chi connectivity index (χ1) is 12.6. The van der Waals surface area contributed by atoms with Crippen LogP contribution >= 0.6 is 0 Å². The summed E-state index contributed by atoms with van der Waals surface area (Å²) in [5.74, 6) is 1.14. The first kappa shape index (κ1) is 19.7. The number of aromatic nitrogens is 1. The van der Waals surface area contributed by atoms with Gasteiger partial charge < -0.3 is 15.4 Å². The molecule has 2 rings (SSSR count). The van der Waals surface area contributed by atoms with Crippen molar-refractivity contribution in [2.75, 3.05) is 13.2 Å². The van der Waals surface area contributed by atoms with Crippen LogP contribution in [0.15, 0.2) is 41.5 Å². The van der Waals surface area contributed by atoms with Crippen LogP contribution in [0.5, 0.6) is 5.75 Å².